The molecule has 3 heteroatoms. The molecule has 1 aromatic rings. The first kappa shape index (κ1) is 16.0. The Balaban J connectivity index is 1.85. The van der Waals surface area contributed by atoms with Crippen LogP contribution in [0.5, 0.6) is 0 Å². The van der Waals surface area contributed by atoms with Gasteiger partial charge >= 0.3 is 0 Å². The van der Waals surface area contributed by atoms with Crippen LogP contribution in [0.4, 0.5) is 0 Å². The largest absolute Gasteiger partial charge is 0.372 e. The number of hydrogen-bond acceptors (Lipinski definition) is 2. The molecule has 1 unspecified atom stereocenters. The van der Waals surface area contributed by atoms with Crippen LogP contribution < -0.4 is 5.32 Å². The van der Waals surface area contributed by atoms with Crippen molar-refractivity contribution in [2.24, 2.45) is 5.92 Å². The average Bonchev–Trinajstić information content (AvgIpc) is 3.21. The molecule has 1 atom stereocenters. The number of benzene rings is 1. The summed E-state index contributed by atoms with van der Waals surface area (Å²) in [5.74, 6) is 0.757. The number of halogens is 1. The maximum absolute atomic E-state index is 6.13. The Morgan fingerprint density at radius 1 is 1.35 bits per heavy atom. The van der Waals surface area contributed by atoms with Gasteiger partial charge in [-0.25, -0.2) is 0 Å². The molecule has 112 valence electrons. The Morgan fingerprint density at radius 2 is 2.15 bits per heavy atom. The van der Waals surface area contributed by atoms with Crippen molar-refractivity contribution in [2.75, 3.05) is 13.2 Å². The first-order chi connectivity index (χ1) is 9.65. The fourth-order valence-electron chi connectivity index (χ4n) is 2.26. The van der Waals surface area contributed by atoms with E-state index < -0.39 is 0 Å². The standard InChI is InChI=1S/C17H26BrNO/c1-13(2)5-4-10-20-17(12-19-16-8-9-16)14-6-3-7-15(18)11-14/h3,6-7,11,13,16-17,19H,4-5,8-10,12H2,1-2H3. The molecule has 0 heterocycles. The predicted molar refractivity (Wildman–Crippen MR) is 87.9 cm³/mol. The summed E-state index contributed by atoms with van der Waals surface area (Å²) in [6.07, 6.45) is 5.18. The molecule has 0 radical (unpaired) electrons. The highest BCUT2D eigenvalue weighted by atomic mass is 79.9. The summed E-state index contributed by atoms with van der Waals surface area (Å²) in [6.45, 7) is 6.30. The van der Waals surface area contributed by atoms with Gasteiger partial charge in [0.2, 0.25) is 0 Å². The summed E-state index contributed by atoms with van der Waals surface area (Å²) < 4.78 is 7.25. The van der Waals surface area contributed by atoms with E-state index in [4.69, 9.17) is 4.74 Å². The molecule has 0 spiro atoms. The highest BCUT2D eigenvalue weighted by molar-refractivity contribution is 9.10. The molecule has 1 N–H and O–H groups in total. The fraction of sp³-hybridized carbons (Fsp3) is 0.647. The summed E-state index contributed by atoms with van der Waals surface area (Å²) >= 11 is 3.55. The van der Waals surface area contributed by atoms with E-state index in [1.165, 1.54) is 24.8 Å². The Hall–Kier alpha value is -0.380. The van der Waals surface area contributed by atoms with Crippen LogP contribution in [-0.2, 0) is 4.74 Å². The fourth-order valence-corrected chi connectivity index (χ4v) is 2.68. The van der Waals surface area contributed by atoms with E-state index in [0.717, 1.165) is 36.0 Å². The molecule has 1 aliphatic rings. The lowest BCUT2D eigenvalue weighted by molar-refractivity contribution is 0.0484. The normalized spacial score (nSPS) is 16.6. The van der Waals surface area contributed by atoms with E-state index in [1.54, 1.807) is 0 Å². The Labute approximate surface area is 131 Å². The van der Waals surface area contributed by atoms with Crippen LogP contribution in [0.15, 0.2) is 28.7 Å². The van der Waals surface area contributed by atoms with Gasteiger partial charge in [0.15, 0.2) is 0 Å². The van der Waals surface area contributed by atoms with Crippen LogP contribution in [0.2, 0.25) is 0 Å². The Morgan fingerprint density at radius 3 is 2.80 bits per heavy atom. The zero-order chi connectivity index (χ0) is 14.4. The van der Waals surface area contributed by atoms with Crippen molar-refractivity contribution in [3.8, 4) is 0 Å². The van der Waals surface area contributed by atoms with Crippen molar-refractivity contribution in [2.45, 2.75) is 51.7 Å². The molecule has 0 amide bonds. The SMILES string of the molecule is CC(C)CCCOC(CNC1CC1)c1cccc(Br)c1. The second-order valence-electron chi connectivity index (χ2n) is 6.13. The van der Waals surface area contributed by atoms with Crippen molar-refractivity contribution >= 4 is 15.9 Å². The van der Waals surface area contributed by atoms with E-state index in [-0.39, 0.29) is 6.10 Å². The number of rotatable bonds is 9. The highest BCUT2D eigenvalue weighted by Gasteiger charge is 2.22. The van der Waals surface area contributed by atoms with Crippen molar-refractivity contribution in [3.63, 3.8) is 0 Å². The van der Waals surface area contributed by atoms with Crippen molar-refractivity contribution < 1.29 is 4.74 Å². The third-order valence-corrected chi connectivity index (χ3v) is 4.13. The molecular weight excluding hydrogens is 314 g/mol. The minimum atomic E-state index is 0.167. The summed E-state index contributed by atoms with van der Waals surface area (Å²) in [7, 11) is 0. The van der Waals surface area contributed by atoms with Crippen LogP contribution in [-0.4, -0.2) is 19.2 Å². The van der Waals surface area contributed by atoms with E-state index in [9.17, 15) is 0 Å². The quantitative estimate of drug-likeness (QED) is 0.658. The molecule has 0 aliphatic heterocycles. The maximum Gasteiger partial charge on any atom is 0.0949 e. The number of hydrogen-bond donors (Lipinski definition) is 1. The van der Waals surface area contributed by atoms with E-state index in [0.29, 0.717) is 0 Å². The van der Waals surface area contributed by atoms with Crippen LogP contribution in [0.3, 0.4) is 0 Å². The highest BCUT2D eigenvalue weighted by Crippen LogP contribution is 2.24. The molecule has 20 heavy (non-hydrogen) atoms. The van der Waals surface area contributed by atoms with Gasteiger partial charge in [0, 0.05) is 23.7 Å². The lowest BCUT2D eigenvalue weighted by atomic mass is 10.1. The van der Waals surface area contributed by atoms with Gasteiger partial charge in [-0.2, -0.15) is 0 Å². The summed E-state index contributed by atoms with van der Waals surface area (Å²) in [5.41, 5.74) is 1.26. The molecule has 2 rings (SSSR count). The van der Waals surface area contributed by atoms with E-state index in [2.05, 4.69) is 59.4 Å². The molecule has 0 aromatic heterocycles. The van der Waals surface area contributed by atoms with Gasteiger partial charge in [-0.3, -0.25) is 0 Å². The first-order valence-corrected chi connectivity index (χ1v) is 8.55. The maximum atomic E-state index is 6.13. The summed E-state index contributed by atoms with van der Waals surface area (Å²) in [5, 5.41) is 3.58. The zero-order valence-corrected chi connectivity index (χ0v) is 14.2. The third-order valence-electron chi connectivity index (χ3n) is 3.63. The molecule has 1 aromatic carbocycles. The van der Waals surface area contributed by atoms with E-state index in [1.807, 2.05) is 0 Å². The van der Waals surface area contributed by atoms with Crippen LogP contribution >= 0.6 is 15.9 Å². The average molecular weight is 340 g/mol. The van der Waals surface area contributed by atoms with Gasteiger partial charge in [0.25, 0.3) is 0 Å². The summed E-state index contributed by atoms with van der Waals surface area (Å²) in [4.78, 5) is 0. The molecule has 1 fully saturated rings. The van der Waals surface area contributed by atoms with Crippen molar-refractivity contribution in [1.82, 2.24) is 5.32 Å². The lowest BCUT2D eigenvalue weighted by Crippen LogP contribution is -2.25. The smallest absolute Gasteiger partial charge is 0.0949 e. The predicted octanol–water partition coefficient (Wildman–Crippen LogP) is 4.70. The molecule has 0 saturated heterocycles. The Kier molecular flexibility index (Phi) is 6.53. The molecule has 1 saturated carbocycles. The first-order valence-electron chi connectivity index (χ1n) is 7.75. The zero-order valence-electron chi connectivity index (χ0n) is 12.6. The second kappa shape index (κ2) is 8.16. The monoisotopic (exact) mass is 339 g/mol. The van der Waals surface area contributed by atoms with Crippen LogP contribution in [0.25, 0.3) is 0 Å². The lowest BCUT2D eigenvalue weighted by Gasteiger charge is -2.19. The van der Waals surface area contributed by atoms with Gasteiger partial charge in [0.1, 0.15) is 0 Å². The van der Waals surface area contributed by atoms with Crippen molar-refractivity contribution in [1.29, 1.82) is 0 Å². The van der Waals surface area contributed by atoms with Crippen molar-refractivity contribution in [3.05, 3.63) is 34.3 Å². The van der Waals surface area contributed by atoms with Gasteiger partial charge < -0.3 is 10.1 Å². The van der Waals surface area contributed by atoms with Gasteiger partial charge in [0.05, 0.1) is 6.10 Å². The molecule has 0 bridgehead atoms. The molecule has 2 nitrogen and oxygen atoms in total. The van der Waals surface area contributed by atoms with Gasteiger partial charge in [-0.15, -0.1) is 0 Å². The van der Waals surface area contributed by atoms with E-state index >= 15 is 0 Å². The minimum Gasteiger partial charge on any atom is -0.372 e. The number of nitrogens with one attached hydrogen (secondary N) is 1. The van der Waals surface area contributed by atoms with Crippen LogP contribution in [0, 0.1) is 5.92 Å². The third kappa shape index (κ3) is 5.94. The molecule has 1 aliphatic carbocycles. The summed E-state index contributed by atoms with van der Waals surface area (Å²) in [6, 6.07) is 9.20. The van der Waals surface area contributed by atoms with Gasteiger partial charge in [-0.1, -0.05) is 41.9 Å². The van der Waals surface area contributed by atoms with Crippen LogP contribution in [0.1, 0.15) is 51.2 Å². The molecular formula is C17H26BrNO. The number of ether oxygens (including phenoxy) is 1. The second-order valence-corrected chi connectivity index (χ2v) is 7.05. The topological polar surface area (TPSA) is 21.3 Å². The Bertz CT molecular complexity index is 404. The van der Waals surface area contributed by atoms with Gasteiger partial charge in [-0.05, 0) is 49.3 Å². The minimum absolute atomic E-state index is 0.167.